The highest BCUT2D eigenvalue weighted by Crippen LogP contribution is 2.03. The predicted octanol–water partition coefficient (Wildman–Crippen LogP) is -1.46. The molecular weight excluding hydrogens is 276 g/mol. The van der Waals surface area contributed by atoms with E-state index in [0.29, 0.717) is 0 Å². The number of imidazole rings is 1. The SMILES string of the molecule is Cn1nnc2c(C(=O)NCc3cncnc3)ncn2c1=O. The Morgan fingerprint density at radius 1 is 1.33 bits per heavy atom. The molecule has 0 spiro atoms. The Morgan fingerprint density at radius 2 is 2.10 bits per heavy atom. The molecule has 0 fully saturated rings. The standard InChI is InChI=1S/C11H10N8O2/c1-18-11(21)19-6-15-8(9(19)16-17-18)10(20)14-4-7-2-12-5-13-3-7/h2-3,5-6H,4H2,1H3,(H,14,20). The molecular formula is C11H10N8O2. The molecule has 0 atom stereocenters. The van der Waals surface area contributed by atoms with E-state index >= 15 is 0 Å². The van der Waals surface area contributed by atoms with Gasteiger partial charge in [0.15, 0.2) is 11.3 Å². The smallest absolute Gasteiger partial charge is 0.346 e. The number of aromatic nitrogens is 7. The van der Waals surface area contributed by atoms with Gasteiger partial charge in [-0.1, -0.05) is 5.21 Å². The van der Waals surface area contributed by atoms with Crippen molar-refractivity contribution in [2.45, 2.75) is 6.54 Å². The zero-order valence-electron chi connectivity index (χ0n) is 11.0. The Labute approximate surface area is 117 Å². The molecule has 3 aromatic rings. The van der Waals surface area contributed by atoms with Crippen LogP contribution in [0, 0.1) is 0 Å². The van der Waals surface area contributed by atoms with Crippen LogP contribution < -0.4 is 11.0 Å². The Hall–Kier alpha value is -3.17. The molecule has 1 amide bonds. The van der Waals surface area contributed by atoms with Crippen molar-refractivity contribution in [1.29, 1.82) is 0 Å². The molecule has 0 aliphatic rings. The Morgan fingerprint density at radius 3 is 2.86 bits per heavy atom. The average Bonchev–Trinajstić information content (AvgIpc) is 2.94. The lowest BCUT2D eigenvalue weighted by molar-refractivity contribution is 0.0947. The van der Waals surface area contributed by atoms with Crippen LogP contribution in [0.4, 0.5) is 0 Å². The summed E-state index contributed by atoms with van der Waals surface area (Å²) in [5, 5.41) is 10.1. The third kappa shape index (κ3) is 2.33. The third-order valence-corrected chi connectivity index (χ3v) is 2.78. The normalized spacial score (nSPS) is 10.7. The van der Waals surface area contributed by atoms with Crippen LogP contribution in [0.3, 0.4) is 0 Å². The number of amides is 1. The summed E-state index contributed by atoms with van der Waals surface area (Å²) >= 11 is 0. The van der Waals surface area contributed by atoms with Crippen molar-refractivity contribution >= 4 is 11.6 Å². The van der Waals surface area contributed by atoms with Crippen LogP contribution in [0.25, 0.3) is 5.65 Å². The zero-order valence-corrected chi connectivity index (χ0v) is 11.0. The first-order chi connectivity index (χ1) is 10.2. The van der Waals surface area contributed by atoms with E-state index in [1.165, 1.54) is 19.7 Å². The van der Waals surface area contributed by atoms with Gasteiger partial charge in [-0.2, -0.15) is 4.68 Å². The van der Waals surface area contributed by atoms with Crippen molar-refractivity contribution in [3.05, 3.63) is 46.8 Å². The summed E-state index contributed by atoms with van der Waals surface area (Å²) in [6.07, 6.45) is 5.83. The minimum Gasteiger partial charge on any atom is -0.346 e. The number of fused-ring (bicyclic) bond motifs is 1. The maximum absolute atomic E-state index is 12.1. The van der Waals surface area contributed by atoms with Crippen LogP contribution in [0.15, 0.2) is 29.8 Å². The first-order valence-electron chi connectivity index (χ1n) is 5.96. The highest BCUT2D eigenvalue weighted by atomic mass is 16.2. The molecule has 3 aromatic heterocycles. The Bertz CT molecular complexity index is 854. The van der Waals surface area contributed by atoms with Crippen molar-refractivity contribution in [2.75, 3.05) is 0 Å². The van der Waals surface area contributed by atoms with Crippen molar-refractivity contribution in [1.82, 2.24) is 39.7 Å². The molecule has 0 aliphatic carbocycles. The van der Waals surface area contributed by atoms with E-state index in [4.69, 9.17) is 0 Å². The molecule has 10 nitrogen and oxygen atoms in total. The molecule has 0 saturated carbocycles. The maximum Gasteiger partial charge on any atom is 0.352 e. The van der Waals surface area contributed by atoms with Crippen molar-refractivity contribution < 1.29 is 4.79 Å². The van der Waals surface area contributed by atoms with Gasteiger partial charge in [-0.05, 0) is 0 Å². The van der Waals surface area contributed by atoms with E-state index in [1.807, 2.05) is 0 Å². The second kappa shape index (κ2) is 5.07. The summed E-state index contributed by atoms with van der Waals surface area (Å²) in [5.74, 6) is -0.455. The number of nitrogens with zero attached hydrogens (tertiary/aromatic N) is 7. The summed E-state index contributed by atoms with van der Waals surface area (Å²) < 4.78 is 2.21. The van der Waals surface area contributed by atoms with Gasteiger partial charge in [0.05, 0.1) is 0 Å². The van der Waals surface area contributed by atoms with E-state index in [-0.39, 0.29) is 17.9 Å². The van der Waals surface area contributed by atoms with Gasteiger partial charge in [-0.15, -0.1) is 5.10 Å². The topological polar surface area (TPSA) is 120 Å². The molecule has 106 valence electrons. The van der Waals surface area contributed by atoms with E-state index in [2.05, 4.69) is 30.6 Å². The van der Waals surface area contributed by atoms with Crippen LogP contribution in [0.2, 0.25) is 0 Å². The van der Waals surface area contributed by atoms with Crippen LogP contribution in [0.1, 0.15) is 16.1 Å². The van der Waals surface area contributed by atoms with Gasteiger partial charge in [-0.3, -0.25) is 4.79 Å². The zero-order chi connectivity index (χ0) is 14.8. The highest BCUT2D eigenvalue weighted by molar-refractivity contribution is 5.97. The second-order valence-electron chi connectivity index (χ2n) is 4.21. The van der Waals surface area contributed by atoms with Crippen LogP contribution in [0.5, 0.6) is 0 Å². The molecule has 10 heteroatoms. The summed E-state index contributed by atoms with van der Waals surface area (Å²) in [5.41, 5.74) is 0.469. The summed E-state index contributed by atoms with van der Waals surface area (Å²) in [6, 6.07) is 0. The molecule has 21 heavy (non-hydrogen) atoms. The monoisotopic (exact) mass is 286 g/mol. The number of carbonyl (C=O) groups is 1. The molecule has 0 aromatic carbocycles. The van der Waals surface area contributed by atoms with Gasteiger partial charge >= 0.3 is 5.69 Å². The van der Waals surface area contributed by atoms with Gasteiger partial charge < -0.3 is 5.32 Å². The largest absolute Gasteiger partial charge is 0.352 e. The van der Waals surface area contributed by atoms with Crippen molar-refractivity contribution in [3.8, 4) is 0 Å². The first-order valence-corrected chi connectivity index (χ1v) is 5.96. The number of hydrogen-bond donors (Lipinski definition) is 1. The molecule has 3 heterocycles. The number of nitrogens with one attached hydrogen (secondary N) is 1. The Balaban J connectivity index is 1.85. The average molecular weight is 286 g/mol. The fourth-order valence-electron chi connectivity index (χ4n) is 1.73. The molecule has 0 saturated heterocycles. The summed E-state index contributed by atoms with van der Waals surface area (Å²) in [6.45, 7) is 0.247. The molecule has 1 N–H and O–H groups in total. The predicted molar refractivity (Wildman–Crippen MR) is 69.2 cm³/mol. The third-order valence-electron chi connectivity index (χ3n) is 2.78. The summed E-state index contributed by atoms with van der Waals surface area (Å²) in [7, 11) is 1.46. The number of carbonyl (C=O) groups excluding carboxylic acids is 1. The van der Waals surface area contributed by atoms with E-state index in [0.717, 1.165) is 14.6 Å². The quantitative estimate of drug-likeness (QED) is 0.625. The summed E-state index contributed by atoms with van der Waals surface area (Å²) in [4.78, 5) is 35.5. The molecule has 0 radical (unpaired) electrons. The van der Waals surface area contributed by atoms with Gasteiger partial charge in [0.1, 0.15) is 12.7 Å². The lowest BCUT2D eigenvalue weighted by Gasteiger charge is -2.02. The van der Waals surface area contributed by atoms with Gasteiger partial charge in [0, 0.05) is 31.5 Å². The van der Waals surface area contributed by atoms with Crippen LogP contribution in [-0.2, 0) is 13.6 Å². The van der Waals surface area contributed by atoms with Crippen molar-refractivity contribution in [3.63, 3.8) is 0 Å². The lowest BCUT2D eigenvalue weighted by atomic mass is 10.3. The Kier molecular flexibility index (Phi) is 3.10. The van der Waals surface area contributed by atoms with Crippen LogP contribution >= 0.6 is 0 Å². The fourth-order valence-corrected chi connectivity index (χ4v) is 1.73. The van der Waals surface area contributed by atoms with E-state index in [9.17, 15) is 9.59 Å². The van der Waals surface area contributed by atoms with Gasteiger partial charge in [0.2, 0.25) is 0 Å². The van der Waals surface area contributed by atoms with Crippen molar-refractivity contribution in [2.24, 2.45) is 7.05 Å². The van der Waals surface area contributed by atoms with Gasteiger partial charge in [0.25, 0.3) is 5.91 Å². The molecule has 0 bridgehead atoms. The maximum atomic E-state index is 12.1. The second-order valence-corrected chi connectivity index (χ2v) is 4.21. The van der Waals surface area contributed by atoms with E-state index < -0.39 is 11.6 Å². The minimum absolute atomic E-state index is 0.0389. The van der Waals surface area contributed by atoms with Gasteiger partial charge in [-0.25, -0.2) is 24.1 Å². The fraction of sp³-hybridized carbons (Fsp3) is 0.182. The molecule has 0 aliphatic heterocycles. The number of rotatable bonds is 3. The van der Waals surface area contributed by atoms with E-state index in [1.54, 1.807) is 12.4 Å². The first kappa shape index (κ1) is 12.8. The number of aryl methyl sites for hydroxylation is 1. The number of hydrogen-bond acceptors (Lipinski definition) is 7. The minimum atomic E-state index is -0.455. The highest BCUT2D eigenvalue weighted by Gasteiger charge is 2.16. The molecule has 3 rings (SSSR count). The van der Waals surface area contributed by atoms with Crippen LogP contribution in [-0.4, -0.2) is 40.3 Å². The molecule has 0 unspecified atom stereocenters. The lowest BCUT2D eigenvalue weighted by Crippen LogP contribution is -2.28.